The minimum atomic E-state index is -0.785. The third kappa shape index (κ3) is 6.49. The van der Waals surface area contributed by atoms with E-state index in [-0.39, 0.29) is 36.1 Å². The van der Waals surface area contributed by atoms with E-state index in [1.807, 2.05) is 13.8 Å². The van der Waals surface area contributed by atoms with Crippen LogP contribution in [-0.2, 0) is 4.79 Å². The third-order valence-electron chi connectivity index (χ3n) is 3.87. The zero-order valence-corrected chi connectivity index (χ0v) is 15.6. The van der Waals surface area contributed by atoms with Crippen LogP contribution in [0.25, 0.3) is 0 Å². The van der Waals surface area contributed by atoms with Crippen molar-refractivity contribution < 1.29 is 14.5 Å². The van der Waals surface area contributed by atoms with E-state index in [0.29, 0.717) is 12.8 Å². The van der Waals surface area contributed by atoms with Gasteiger partial charge in [-0.3, -0.25) is 19.7 Å². The standard InChI is InChI=1S/C15H21ClN4O4.ClH/c1-3-15(17,4-2)9-19-12(21)8-18-14(22)13-10(16)6-5-7-11(13)20(23)24;/h5-7H,3-4,8-9,17H2,1-2H3,(H,18,22)(H,19,21);1H. The Bertz CT molecular complexity index is 636. The van der Waals surface area contributed by atoms with Crippen molar-refractivity contribution in [3.63, 3.8) is 0 Å². The van der Waals surface area contributed by atoms with Gasteiger partial charge in [0.15, 0.2) is 0 Å². The molecule has 0 aromatic heterocycles. The summed E-state index contributed by atoms with van der Waals surface area (Å²) in [5.74, 6) is -1.22. The molecule has 1 rings (SSSR count). The SMILES string of the molecule is CCC(N)(CC)CNC(=O)CNC(=O)c1c(Cl)cccc1[N+](=O)[O-].Cl. The largest absolute Gasteiger partial charge is 0.353 e. The molecule has 0 spiro atoms. The van der Waals surface area contributed by atoms with Gasteiger partial charge in [0.1, 0.15) is 5.56 Å². The summed E-state index contributed by atoms with van der Waals surface area (Å²) in [6, 6.07) is 3.92. The first-order valence-electron chi connectivity index (χ1n) is 7.50. The van der Waals surface area contributed by atoms with Crippen LogP contribution in [0.5, 0.6) is 0 Å². The minimum Gasteiger partial charge on any atom is -0.353 e. The summed E-state index contributed by atoms with van der Waals surface area (Å²) in [6.45, 7) is 3.80. The summed E-state index contributed by atoms with van der Waals surface area (Å²) >= 11 is 5.86. The second-order valence-electron chi connectivity index (χ2n) is 5.42. The summed E-state index contributed by atoms with van der Waals surface area (Å²) < 4.78 is 0. The van der Waals surface area contributed by atoms with Crippen molar-refractivity contribution in [1.82, 2.24) is 10.6 Å². The van der Waals surface area contributed by atoms with Crippen LogP contribution in [0.1, 0.15) is 37.0 Å². The maximum absolute atomic E-state index is 12.1. The number of hydrogen-bond acceptors (Lipinski definition) is 5. The lowest BCUT2D eigenvalue weighted by molar-refractivity contribution is -0.385. The summed E-state index contributed by atoms with van der Waals surface area (Å²) in [6.07, 6.45) is 1.39. The molecule has 1 aromatic carbocycles. The molecular weight excluding hydrogens is 371 g/mol. The van der Waals surface area contributed by atoms with Crippen LogP contribution in [0.15, 0.2) is 18.2 Å². The second kappa shape index (κ2) is 10.2. The van der Waals surface area contributed by atoms with Crippen molar-refractivity contribution in [2.45, 2.75) is 32.2 Å². The maximum Gasteiger partial charge on any atom is 0.283 e. The number of carbonyl (C=O) groups excluding carboxylic acids is 2. The van der Waals surface area contributed by atoms with Gasteiger partial charge < -0.3 is 16.4 Å². The Hall–Kier alpha value is -1.90. The smallest absolute Gasteiger partial charge is 0.283 e. The Kier molecular flexibility index (Phi) is 9.40. The van der Waals surface area contributed by atoms with Gasteiger partial charge in [-0.2, -0.15) is 0 Å². The molecule has 4 N–H and O–H groups in total. The molecule has 2 amide bonds. The van der Waals surface area contributed by atoms with Crippen LogP contribution in [0.2, 0.25) is 5.02 Å². The van der Waals surface area contributed by atoms with E-state index >= 15 is 0 Å². The minimum absolute atomic E-state index is 0. The van der Waals surface area contributed by atoms with Crippen LogP contribution in [-0.4, -0.2) is 35.4 Å². The molecule has 1 aromatic rings. The number of nitrogens with one attached hydrogen (secondary N) is 2. The molecule has 0 fully saturated rings. The highest BCUT2D eigenvalue weighted by Crippen LogP contribution is 2.25. The number of nitrogens with zero attached hydrogens (tertiary/aromatic N) is 1. The van der Waals surface area contributed by atoms with E-state index in [0.717, 1.165) is 0 Å². The lowest BCUT2D eigenvalue weighted by atomic mass is 9.94. The lowest BCUT2D eigenvalue weighted by Crippen LogP contribution is -2.50. The highest BCUT2D eigenvalue weighted by atomic mass is 35.5. The predicted molar refractivity (Wildman–Crippen MR) is 98.2 cm³/mol. The van der Waals surface area contributed by atoms with Crippen molar-refractivity contribution in [2.75, 3.05) is 13.1 Å². The first-order valence-corrected chi connectivity index (χ1v) is 7.88. The van der Waals surface area contributed by atoms with Crippen LogP contribution in [0, 0.1) is 10.1 Å². The Balaban J connectivity index is 0.00000576. The fourth-order valence-corrected chi connectivity index (χ4v) is 2.23. The topological polar surface area (TPSA) is 127 Å². The van der Waals surface area contributed by atoms with E-state index in [1.54, 1.807) is 0 Å². The number of nitrogens with two attached hydrogens (primary N) is 1. The number of carbonyl (C=O) groups is 2. The summed E-state index contributed by atoms with van der Waals surface area (Å²) in [4.78, 5) is 34.2. The van der Waals surface area contributed by atoms with Crippen molar-refractivity contribution in [1.29, 1.82) is 0 Å². The van der Waals surface area contributed by atoms with Gasteiger partial charge in [-0.15, -0.1) is 12.4 Å². The van der Waals surface area contributed by atoms with Gasteiger partial charge in [-0.05, 0) is 18.9 Å². The number of nitro groups is 1. The number of benzene rings is 1. The second-order valence-corrected chi connectivity index (χ2v) is 5.83. The van der Waals surface area contributed by atoms with Crippen LogP contribution >= 0.6 is 24.0 Å². The van der Waals surface area contributed by atoms with E-state index in [4.69, 9.17) is 17.3 Å². The van der Waals surface area contributed by atoms with Gasteiger partial charge in [0.2, 0.25) is 5.91 Å². The molecule has 0 heterocycles. The zero-order valence-electron chi connectivity index (χ0n) is 14.0. The quantitative estimate of drug-likeness (QED) is 0.460. The Labute approximate surface area is 157 Å². The van der Waals surface area contributed by atoms with Gasteiger partial charge in [-0.25, -0.2) is 0 Å². The van der Waals surface area contributed by atoms with Gasteiger partial charge in [0, 0.05) is 18.2 Å². The fourth-order valence-electron chi connectivity index (χ4n) is 1.98. The molecule has 0 aliphatic rings. The van der Waals surface area contributed by atoms with Gasteiger partial charge >= 0.3 is 0 Å². The lowest BCUT2D eigenvalue weighted by Gasteiger charge is -2.26. The molecule has 0 unspecified atom stereocenters. The number of hydrogen-bond donors (Lipinski definition) is 3. The molecule has 0 aliphatic carbocycles. The number of halogens is 2. The normalized spacial score (nSPS) is 10.6. The Morgan fingerprint density at radius 2 is 1.88 bits per heavy atom. The molecule has 140 valence electrons. The molecule has 0 saturated carbocycles. The molecule has 8 nitrogen and oxygen atoms in total. The summed E-state index contributed by atoms with van der Waals surface area (Å²) in [5, 5.41) is 15.9. The van der Waals surface area contributed by atoms with Crippen molar-refractivity contribution >= 4 is 41.5 Å². The average Bonchev–Trinajstić information content (AvgIpc) is 2.57. The predicted octanol–water partition coefficient (Wildman–Crippen LogP) is 2.03. The molecule has 25 heavy (non-hydrogen) atoms. The van der Waals surface area contributed by atoms with Crippen LogP contribution in [0.4, 0.5) is 5.69 Å². The molecule has 0 saturated heterocycles. The number of amides is 2. The highest BCUT2D eigenvalue weighted by molar-refractivity contribution is 6.34. The third-order valence-corrected chi connectivity index (χ3v) is 4.19. The van der Waals surface area contributed by atoms with Gasteiger partial charge in [0.25, 0.3) is 11.6 Å². The summed E-state index contributed by atoms with van der Waals surface area (Å²) in [7, 11) is 0. The van der Waals surface area contributed by atoms with Crippen LogP contribution in [0.3, 0.4) is 0 Å². The molecule has 0 atom stereocenters. The maximum atomic E-state index is 12.1. The van der Waals surface area contributed by atoms with Gasteiger partial charge in [-0.1, -0.05) is 31.5 Å². The van der Waals surface area contributed by atoms with E-state index in [9.17, 15) is 19.7 Å². The molecule has 0 radical (unpaired) electrons. The zero-order chi connectivity index (χ0) is 18.3. The van der Waals surface area contributed by atoms with Crippen molar-refractivity contribution in [3.05, 3.63) is 38.9 Å². The molecule has 0 bridgehead atoms. The van der Waals surface area contributed by atoms with Crippen molar-refractivity contribution in [2.24, 2.45) is 5.73 Å². The highest BCUT2D eigenvalue weighted by Gasteiger charge is 2.24. The van der Waals surface area contributed by atoms with E-state index in [2.05, 4.69) is 10.6 Å². The van der Waals surface area contributed by atoms with Gasteiger partial charge in [0.05, 0.1) is 16.5 Å². The molecular formula is C15H22Cl2N4O4. The molecule has 0 aliphatic heterocycles. The number of nitro benzene ring substituents is 1. The van der Waals surface area contributed by atoms with E-state index in [1.165, 1.54) is 18.2 Å². The monoisotopic (exact) mass is 392 g/mol. The van der Waals surface area contributed by atoms with Crippen LogP contribution < -0.4 is 16.4 Å². The Morgan fingerprint density at radius 1 is 1.28 bits per heavy atom. The first-order chi connectivity index (χ1) is 11.2. The average molecular weight is 393 g/mol. The summed E-state index contributed by atoms with van der Waals surface area (Å²) in [5.41, 5.74) is 4.88. The Morgan fingerprint density at radius 3 is 2.40 bits per heavy atom. The van der Waals surface area contributed by atoms with Crippen molar-refractivity contribution in [3.8, 4) is 0 Å². The fraction of sp³-hybridized carbons (Fsp3) is 0.467. The van der Waals surface area contributed by atoms with E-state index < -0.39 is 28.0 Å². The first kappa shape index (κ1) is 23.1. The number of rotatable bonds is 8. The molecule has 10 heteroatoms.